The number of nitrogens with one attached hydrogen (secondary N) is 6. The number of fused-ring (bicyclic) bond motifs is 4. The van der Waals surface area contributed by atoms with Crippen LogP contribution in [0.2, 0.25) is 0 Å². The van der Waals surface area contributed by atoms with E-state index < -0.39 is 107 Å². The summed E-state index contributed by atoms with van der Waals surface area (Å²) in [6, 6.07) is 8.40. The fourth-order valence-corrected chi connectivity index (χ4v) is 15.3. The molecular formula is C68H104N14O14S3. The van der Waals surface area contributed by atoms with E-state index in [1.165, 1.54) is 21.6 Å². The van der Waals surface area contributed by atoms with Gasteiger partial charge in [-0.3, -0.25) is 77.1 Å². The standard InChI is InChI=1S/C68H104N14O14S3/c1-5-6-8-17-58(85)73-53-44-99-43-50-33-48(41-97-31-20-71-59(86)37-78-25-29-79(38-60(87)88)27-23-77(36-57(70)84)24-28-80(30-26-78)39-61(89)90)32-49(34-50)42-98-40-46(4)72-64(92)52(35-47-13-9-7-10-14-47)75-63(91)51(18-19-56(69)83)74-66(94)62(45(2)3)76-65(93)54-15-11-21-81(54)68(96)55-16-12-22-82(55)67(53)95/h7,9-10,13-14,32-34,45-46,51-55,62H,5-6,8,11-12,15-31,35-44H2,1-4H3,(H2,69,83)(H2,70,84)(H,71,86)(H,72,92)(H,73,85)(H,74,94)(H,75,91)(H,76,93)(H,87,88)(H,89,90)/t46-,51+,52+,53+,54+,55+,62+/m1/s1. The lowest BCUT2D eigenvalue weighted by Gasteiger charge is -2.33. The summed E-state index contributed by atoms with van der Waals surface area (Å²) in [5.41, 5.74) is 14.7. The van der Waals surface area contributed by atoms with Crippen molar-refractivity contribution < 1.29 is 67.7 Å². The average molecular weight is 1440 g/mol. The van der Waals surface area contributed by atoms with E-state index in [2.05, 4.69) is 50.1 Å². The molecule has 0 spiro atoms. The molecule has 3 fully saturated rings. The molecule has 99 heavy (non-hydrogen) atoms. The summed E-state index contributed by atoms with van der Waals surface area (Å²) >= 11 is 4.66. The molecule has 3 saturated heterocycles. The molecule has 0 aliphatic carbocycles. The number of nitrogens with zero attached hydrogens (tertiary/aromatic N) is 6. The molecule has 0 saturated carbocycles. The third-order valence-corrected chi connectivity index (χ3v) is 21.1. The number of primary amides is 2. The first-order chi connectivity index (χ1) is 47.3. The maximum Gasteiger partial charge on any atom is 0.317 e. The van der Waals surface area contributed by atoms with Crippen molar-refractivity contribution in [1.29, 1.82) is 0 Å². The summed E-state index contributed by atoms with van der Waals surface area (Å²) in [6.45, 7) is 10.0. The third kappa shape index (κ3) is 28.5. The molecule has 0 unspecified atom stereocenters. The minimum absolute atomic E-state index is 0.0149. The quantitative estimate of drug-likeness (QED) is 0.0642. The van der Waals surface area contributed by atoms with Gasteiger partial charge in [0.05, 0.1) is 26.2 Å². The molecule has 0 aromatic heterocycles. The van der Waals surface area contributed by atoms with E-state index in [9.17, 15) is 67.7 Å². The topological polar surface area (TPSA) is 389 Å². The van der Waals surface area contributed by atoms with Crippen LogP contribution < -0.4 is 43.4 Å². The van der Waals surface area contributed by atoms with Gasteiger partial charge in [-0.1, -0.05) is 82.1 Å². The Morgan fingerprint density at radius 2 is 1.16 bits per heavy atom. The van der Waals surface area contributed by atoms with E-state index in [4.69, 9.17) is 11.5 Å². The number of carbonyl (C=O) groups excluding carboxylic acids is 10. The van der Waals surface area contributed by atoms with E-state index in [0.29, 0.717) is 113 Å². The Morgan fingerprint density at radius 1 is 0.606 bits per heavy atom. The van der Waals surface area contributed by atoms with Gasteiger partial charge in [0.25, 0.3) is 0 Å². The van der Waals surface area contributed by atoms with Crippen molar-refractivity contribution in [2.75, 3.05) is 115 Å². The second-order valence-corrected chi connectivity index (χ2v) is 29.5. The van der Waals surface area contributed by atoms with Crippen LogP contribution in [0.5, 0.6) is 0 Å². The van der Waals surface area contributed by atoms with Crippen molar-refractivity contribution >= 4 is 106 Å². The van der Waals surface area contributed by atoms with Crippen LogP contribution >= 0.6 is 35.3 Å². The zero-order valence-corrected chi connectivity index (χ0v) is 60.2. The second-order valence-electron chi connectivity index (χ2n) is 26.4. The highest BCUT2D eigenvalue weighted by Crippen LogP contribution is 2.28. The Morgan fingerprint density at radius 3 is 1.74 bits per heavy atom. The van der Waals surface area contributed by atoms with E-state index in [-0.39, 0.29) is 88.9 Å². The number of nitrogens with two attached hydrogens (primary N) is 2. The lowest BCUT2D eigenvalue weighted by Crippen LogP contribution is -2.60. The monoisotopic (exact) mass is 1440 g/mol. The average Bonchev–Trinajstić information content (AvgIpc) is 1.64. The van der Waals surface area contributed by atoms with Crippen molar-refractivity contribution in [3.05, 3.63) is 70.8 Å². The molecule has 28 nitrogen and oxygen atoms in total. The number of benzene rings is 2. The van der Waals surface area contributed by atoms with Gasteiger partial charge in [-0.25, -0.2) is 0 Å². The van der Waals surface area contributed by atoms with Gasteiger partial charge >= 0.3 is 11.9 Å². The second kappa shape index (κ2) is 42.3. The predicted molar refractivity (Wildman–Crippen MR) is 381 cm³/mol. The van der Waals surface area contributed by atoms with Gasteiger partial charge in [0.2, 0.25) is 59.1 Å². The molecule has 12 N–H and O–H groups in total. The predicted octanol–water partition coefficient (Wildman–Crippen LogP) is 0.562. The zero-order valence-electron chi connectivity index (χ0n) is 57.7. The molecule has 0 radical (unpaired) electrons. The molecule has 2 aromatic carbocycles. The van der Waals surface area contributed by atoms with Gasteiger partial charge in [-0.2, -0.15) is 35.3 Å². The number of rotatable bonds is 24. The number of carbonyl (C=O) groups is 12. The highest BCUT2D eigenvalue weighted by molar-refractivity contribution is 7.99. The molecule has 548 valence electrons. The summed E-state index contributed by atoms with van der Waals surface area (Å²) in [5, 5.41) is 36.9. The molecule has 7 atom stereocenters. The number of thioether (sulfide) groups is 3. The first kappa shape index (κ1) is 80.9. The molecule has 4 heterocycles. The molecule has 6 rings (SSSR count). The van der Waals surface area contributed by atoms with E-state index in [1.54, 1.807) is 52.1 Å². The van der Waals surface area contributed by atoms with Crippen molar-refractivity contribution in [3.8, 4) is 0 Å². The summed E-state index contributed by atoms with van der Waals surface area (Å²) in [6.07, 6.45) is 3.77. The van der Waals surface area contributed by atoms with Crippen LogP contribution in [-0.2, 0) is 81.2 Å². The molecular weight excluding hydrogens is 1330 g/mol. The molecule has 4 aliphatic heterocycles. The molecule has 2 bridgehead atoms. The van der Waals surface area contributed by atoms with Crippen molar-refractivity contribution in [2.24, 2.45) is 17.4 Å². The minimum Gasteiger partial charge on any atom is -0.480 e. The van der Waals surface area contributed by atoms with Gasteiger partial charge < -0.3 is 63.4 Å². The number of amides is 10. The van der Waals surface area contributed by atoms with Gasteiger partial charge in [0.15, 0.2) is 0 Å². The smallest absolute Gasteiger partial charge is 0.317 e. The van der Waals surface area contributed by atoms with Crippen LogP contribution in [0, 0.1) is 5.92 Å². The number of carboxylic acid groups (broad SMARTS) is 2. The van der Waals surface area contributed by atoms with E-state index >= 15 is 0 Å². The number of carboxylic acids is 2. The number of aliphatic carboxylic acids is 2. The fourth-order valence-electron chi connectivity index (χ4n) is 12.5. The Kier molecular flexibility index (Phi) is 34.6. The van der Waals surface area contributed by atoms with Gasteiger partial charge in [-0.15, -0.1) is 0 Å². The summed E-state index contributed by atoms with van der Waals surface area (Å²) < 4.78 is 0. The van der Waals surface area contributed by atoms with Crippen LogP contribution in [0.25, 0.3) is 0 Å². The third-order valence-electron chi connectivity index (χ3n) is 17.7. The van der Waals surface area contributed by atoms with Crippen LogP contribution in [0.4, 0.5) is 0 Å². The summed E-state index contributed by atoms with van der Waals surface area (Å²) in [4.78, 5) is 172. The first-order valence-electron chi connectivity index (χ1n) is 34.5. The lowest BCUT2D eigenvalue weighted by molar-refractivity contribution is -0.148. The van der Waals surface area contributed by atoms with Crippen molar-refractivity contribution in [2.45, 2.75) is 158 Å². The largest absolute Gasteiger partial charge is 0.480 e. The number of unbranched alkanes of at least 4 members (excludes halogenated alkanes) is 2. The lowest BCUT2D eigenvalue weighted by atomic mass is 10.0. The highest BCUT2D eigenvalue weighted by Gasteiger charge is 2.45. The van der Waals surface area contributed by atoms with Crippen LogP contribution in [0.15, 0.2) is 48.5 Å². The normalized spacial score (nSPS) is 23.4. The maximum absolute atomic E-state index is 14.9. The Bertz CT molecular complexity index is 3030. The van der Waals surface area contributed by atoms with Crippen LogP contribution in [-0.4, -0.2) is 268 Å². The first-order valence-corrected chi connectivity index (χ1v) is 38.0. The molecule has 31 heteroatoms. The van der Waals surface area contributed by atoms with Crippen molar-refractivity contribution in [1.82, 2.24) is 61.3 Å². The zero-order chi connectivity index (χ0) is 72.0. The minimum atomic E-state index is -1.36. The molecule has 4 aliphatic rings. The summed E-state index contributed by atoms with van der Waals surface area (Å²) in [7, 11) is 0. The SMILES string of the molecule is CCCCCC(=O)N[C@H]1CSCc2cc(CSCCNC(=O)CN3CCN(CC(=O)O)CCN(CC(N)=O)CCN(CC(=O)O)CC3)cc(c2)CSC[C@@H](C)NC(=O)[C@H](Cc2ccccc2)NC(=O)[C@H](CCC(N)=O)NC(=O)[C@H](C(C)C)NC(=O)[C@@H]2CCCN2C(=O)[C@@H]2CCCN2C1=O. The van der Waals surface area contributed by atoms with Gasteiger partial charge in [0.1, 0.15) is 36.3 Å². The summed E-state index contributed by atoms with van der Waals surface area (Å²) in [5.74, 6) is -5.05. The van der Waals surface area contributed by atoms with Gasteiger partial charge in [0, 0.05) is 132 Å². The number of hydrogen-bond acceptors (Lipinski definition) is 19. The Hall–Kier alpha value is -7.03. The molecule has 2 aromatic rings. The van der Waals surface area contributed by atoms with Gasteiger partial charge in [-0.05, 0) is 73.6 Å². The Labute approximate surface area is 593 Å². The van der Waals surface area contributed by atoms with E-state index in [1.807, 2.05) is 49.1 Å². The fraction of sp³-hybridized carbons (Fsp3) is 0.647. The molecule has 10 amide bonds. The maximum atomic E-state index is 14.9. The van der Waals surface area contributed by atoms with Crippen molar-refractivity contribution in [3.63, 3.8) is 0 Å². The van der Waals surface area contributed by atoms with Crippen LogP contribution in [0.3, 0.4) is 0 Å². The van der Waals surface area contributed by atoms with Crippen LogP contribution in [0.1, 0.15) is 114 Å². The Balaban J connectivity index is 1.23. The van der Waals surface area contributed by atoms with E-state index in [0.717, 1.165) is 35.1 Å². The number of hydrogen-bond donors (Lipinski definition) is 10. The highest BCUT2D eigenvalue weighted by atomic mass is 32.2.